The van der Waals surface area contributed by atoms with Crippen LogP contribution in [0.2, 0.25) is 0 Å². The third-order valence-corrected chi connectivity index (χ3v) is 2.95. The van der Waals surface area contributed by atoms with Gasteiger partial charge in [0, 0.05) is 32.4 Å². The molecule has 18 heavy (non-hydrogen) atoms. The number of aromatic nitrogens is 1. The summed E-state index contributed by atoms with van der Waals surface area (Å²) in [7, 11) is 3.57. The molecule has 0 aliphatic carbocycles. The summed E-state index contributed by atoms with van der Waals surface area (Å²) in [6, 6.07) is 12.3. The van der Waals surface area contributed by atoms with Gasteiger partial charge in [-0.2, -0.15) is 0 Å². The van der Waals surface area contributed by atoms with Crippen molar-refractivity contribution in [3.8, 4) is 11.3 Å². The third-order valence-electron chi connectivity index (χ3n) is 2.95. The average molecular weight is 242 g/mol. The highest BCUT2D eigenvalue weighted by Gasteiger charge is 2.06. The van der Waals surface area contributed by atoms with Crippen molar-refractivity contribution in [2.75, 3.05) is 14.1 Å². The van der Waals surface area contributed by atoms with Gasteiger partial charge in [-0.15, -0.1) is 0 Å². The molecule has 0 aliphatic heterocycles. The summed E-state index contributed by atoms with van der Waals surface area (Å²) in [5.74, 6) is 0.164. The van der Waals surface area contributed by atoms with Gasteiger partial charge in [-0.05, 0) is 23.6 Å². The van der Waals surface area contributed by atoms with Gasteiger partial charge in [-0.1, -0.05) is 30.3 Å². The topological polar surface area (TPSA) is 36.1 Å². The minimum Gasteiger partial charge on any atom is -0.361 e. The van der Waals surface area contributed by atoms with Crippen LogP contribution in [-0.2, 0) is 11.2 Å². The first-order valence-electron chi connectivity index (χ1n) is 6.09. The van der Waals surface area contributed by atoms with E-state index in [0.29, 0.717) is 6.42 Å². The van der Waals surface area contributed by atoms with Crippen molar-refractivity contribution in [2.24, 2.45) is 0 Å². The van der Waals surface area contributed by atoms with E-state index in [0.717, 1.165) is 12.1 Å². The number of benzene rings is 1. The molecule has 1 aromatic carbocycles. The number of rotatable bonds is 4. The summed E-state index contributed by atoms with van der Waals surface area (Å²) in [6.07, 6.45) is 3.31. The first-order valence-corrected chi connectivity index (χ1v) is 6.09. The van der Waals surface area contributed by atoms with Gasteiger partial charge in [0.05, 0.1) is 0 Å². The van der Waals surface area contributed by atoms with Crippen molar-refractivity contribution in [1.82, 2.24) is 9.88 Å². The fourth-order valence-electron chi connectivity index (χ4n) is 1.84. The molecule has 0 bridgehead atoms. The van der Waals surface area contributed by atoms with E-state index in [9.17, 15) is 4.79 Å². The Hall–Kier alpha value is -2.03. The molecular weight excluding hydrogens is 224 g/mol. The van der Waals surface area contributed by atoms with Gasteiger partial charge in [0.15, 0.2) is 0 Å². The van der Waals surface area contributed by atoms with Crippen LogP contribution >= 0.6 is 0 Å². The molecule has 0 aliphatic rings. The van der Waals surface area contributed by atoms with E-state index in [1.165, 1.54) is 11.1 Å². The monoisotopic (exact) mass is 242 g/mol. The van der Waals surface area contributed by atoms with Crippen LogP contribution in [0.4, 0.5) is 0 Å². The van der Waals surface area contributed by atoms with Gasteiger partial charge in [-0.25, -0.2) is 0 Å². The number of nitrogens with one attached hydrogen (secondary N) is 1. The summed E-state index contributed by atoms with van der Waals surface area (Å²) in [5, 5.41) is 0. The van der Waals surface area contributed by atoms with E-state index in [4.69, 9.17) is 0 Å². The van der Waals surface area contributed by atoms with Crippen molar-refractivity contribution in [1.29, 1.82) is 0 Å². The summed E-state index contributed by atoms with van der Waals surface area (Å²) < 4.78 is 0. The molecule has 0 saturated carbocycles. The van der Waals surface area contributed by atoms with Crippen LogP contribution in [0.25, 0.3) is 11.3 Å². The zero-order valence-corrected chi connectivity index (χ0v) is 10.8. The number of aryl methyl sites for hydroxylation is 1. The number of hydrogen-bond donors (Lipinski definition) is 1. The fraction of sp³-hybridized carbons (Fsp3) is 0.267. The van der Waals surface area contributed by atoms with Crippen LogP contribution < -0.4 is 0 Å². The van der Waals surface area contributed by atoms with Crippen molar-refractivity contribution >= 4 is 5.91 Å². The van der Waals surface area contributed by atoms with E-state index in [1.54, 1.807) is 19.0 Å². The van der Waals surface area contributed by atoms with Crippen molar-refractivity contribution < 1.29 is 4.79 Å². The Morgan fingerprint density at radius 3 is 2.61 bits per heavy atom. The maximum absolute atomic E-state index is 11.5. The number of aromatic amines is 1. The quantitative estimate of drug-likeness (QED) is 0.879. The first-order chi connectivity index (χ1) is 8.66. The number of H-pyrrole nitrogens is 1. The Kier molecular flexibility index (Phi) is 3.82. The van der Waals surface area contributed by atoms with Crippen LogP contribution in [0.5, 0.6) is 0 Å². The molecule has 3 nitrogen and oxygen atoms in total. The molecule has 0 radical (unpaired) electrons. The van der Waals surface area contributed by atoms with Crippen LogP contribution in [0.1, 0.15) is 12.0 Å². The summed E-state index contributed by atoms with van der Waals surface area (Å²) in [6.45, 7) is 0. The Bertz CT molecular complexity index is 514. The summed E-state index contributed by atoms with van der Waals surface area (Å²) in [5.41, 5.74) is 3.44. The van der Waals surface area contributed by atoms with Gasteiger partial charge in [0.2, 0.25) is 5.91 Å². The average Bonchev–Trinajstić information content (AvgIpc) is 2.85. The maximum Gasteiger partial charge on any atom is 0.222 e. The molecule has 0 saturated heterocycles. The smallest absolute Gasteiger partial charge is 0.222 e. The molecule has 1 aromatic heterocycles. The number of carbonyl (C=O) groups is 1. The summed E-state index contributed by atoms with van der Waals surface area (Å²) >= 11 is 0. The zero-order valence-electron chi connectivity index (χ0n) is 10.8. The van der Waals surface area contributed by atoms with Crippen LogP contribution in [0.3, 0.4) is 0 Å². The standard InChI is InChI=1S/C15H18N2O/c1-17(2)15(18)9-8-12-10-14(16-11-12)13-6-4-3-5-7-13/h3-7,10-11,16H,8-9H2,1-2H3. The number of carbonyl (C=O) groups excluding carboxylic acids is 1. The second kappa shape index (κ2) is 5.54. The number of amides is 1. The van der Waals surface area contributed by atoms with E-state index < -0.39 is 0 Å². The minimum atomic E-state index is 0.164. The molecule has 0 fully saturated rings. The normalized spacial score (nSPS) is 10.3. The highest BCUT2D eigenvalue weighted by molar-refractivity contribution is 5.75. The molecule has 3 heteroatoms. The predicted octanol–water partition coefficient (Wildman–Crippen LogP) is 2.70. The predicted molar refractivity (Wildman–Crippen MR) is 73.2 cm³/mol. The molecule has 0 spiro atoms. The lowest BCUT2D eigenvalue weighted by molar-refractivity contribution is -0.128. The van der Waals surface area contributed by atoms with Gasteiger partial charge >= 0.3 is 0 Å². The highest BCUT2D eigenvalue weighted by atomic mass is 16.2. The molecule has 94 valence electrons. The van der Waals surface area contributed by atoms with Crippen molar-refractivity contribution in [3.63, 3.8) is 0 Å². The van der Waals surface area contributed by atoms with E-state index >= 15 is 0 Å². The van der Waals surface area contributed by atoms with Crippen molar-refractivity contribution in [2.45, 2.75) is 12.8 Å². The Balaban J connectivity index is 2.01. The lowest BCUT2D eigenvalue weighted by Crippen LogP contribution is -2.21. The largest absolute Gasteiger partial charge is 0.361 e. The maximum atomic E-state index is 11.5. The second-order valence-electron chi connectivity index (χ2n) is 4.58. The van der Waals surface area contributed by atoms with E-state index in [2.05, 4.69) is 23.2 Å². The lowest BCUT2D eigenvalue weighted by Gasteiger charge is -2.08. The molecule has 2 rings (SSSR count). The zero-order chi connectivity index (χ0) is 13.0. The molecule has 0 atom stereocenters. The minimum absolute atomic E-state index is 0.164. The molecule has 1 N–H and O–H groups in total. The Morgan fingerprint density at radius 2 is 1.94 bits per heavy atom. The number of hydrogen-bond acceptors (Lipinski definition) is 1. The van der Waals surface area contributed by atoms with E-state index in [1.807, 2.05) is 24.4 Å². The SMILES string of the molecule is CN(C)C(=O)CCc1c[nH]c(-c2ccccc2)c1. The molecule has 1 amide bonds. The van der Waals surface area contributed by atoms with Crippen LogP contribution in [-0.4, -0.2) is 29.9 Å². The van der Waals surface area contributed by atoms with Crippen molar-refractivity contribution in [3.05, 3.63) is 48.2 Å². The second-order valence-corrected chi connectivity index (χ2v) is 4.58. The van der Waals surface area contributed by atoms with Gasteiger partial charge in [0.25, 0.3) is 0 Å². The lowest BCUT2D eigenvalue weighted by atomic mass is 10.1. The van der Waals surface area contributed by atoms with Gasteiger partial charge in [0.1, 0.15) is 0 Å². The Labute approximate surface area is 107 Å². The summed E-state index contributed by atoms with van der Waals surface area (Å²) in [4.78, 5) is 16.4. The molecular formula is C15H18N2O. The van der Waals surface area contributed by atoms with Crippen LogP contribution in [0.15, 0.2) is 42.6 Å². The van der Waals surface area contributed by atoms with E-state index in [-0.39, 0.29) is 5.91 Å². The highest BCUT2D eigenvalue weighted by Crippen LogP contribution is 2.19. The fourth-order valence-corrected chi connectivity index (χ4v) is 1.84. The molecule has 0 unspecified atom stereocenters. The van der Waals surface area contributed by atoms with Gasteiger partial charge in [-0.3, -0.25) is 4.79 Å². The molecule has 2 aromatic rings. The van der Waals surface area contributed by atoms with Crippen LogP contribution in [0, 0.1) is 0 Å². The Morgan fingerprint density at radius 1 is 1.22 bits per heavy atom. The first kappa shape index (κ1) is 12.4. The van der Waals surface area contributed by atoms with Gasteiger partial charge < -0.3 is 9.88 Å². The number of nitrogens with zero attached hydrogens (tertiary/aromatic N) is 1. The third kappa shape index (κ3) is 3.00. The molecule has 1 heterocycles.